The zero-order valence-corrected chi connectivity index (χ0v) is 17.1. The summed E-state index contributed by atoms with van der Waals surface area (Å²) in [5, 5.41) is 11.4. The molecule has 31 heavy (non-hydrogen) atoms. The summed E-state index contributed by atoms with van der Waals surface area (Å²) < 4.78 is 5.13. The smallest absolute Gasteiger partial charge is 0.293 e. The van der Waals surface area contributed by atoms with Gasteiger partial charge in [-0.05, 0) is 29.7 Å². The molecule has 1 saturated heterocycles. The minimum Gasteiger partial charge on any atom is -0.497 e. The van der Waals surface area contributed by atoms with Gasteiger partial charge in [0, 0.05) is 19.5 Å². The molecule has 2 aliphatic rings. The lowest BCUT2D eigenvalue weighted by Gasteiger charge is -2.33. The van der Waals surface area contributed by atoms with Crippen LogP contribution in [-0.2, 0) is 20.9 Å². The summed E-state index contributed by atoms with van der Waals surface area (Å²) in [6.45, 7) is 0.0940. The molecule has 0 radical (unpaired) electrons. The van der Waals surface area contributed by atoms with E-state index in [0.717, 1.165) is 5.56 Å². The third kappa shape index (κ3) is 3.41. The van der Waals surface area contributed by atoms with Crippen molar-refractivity contribution in [2.75, 3.05) is 19.1 Å². The molecule has 2 aromatic rings. The molecule has 2 heterocycles. The molecule has 2 unspecified atom stereocenters. The van der Waals surface area contributed by atoms with Crippen LogP contribution in [0.5, 0.6) is 5.75 Å². The molecule has 9 nitrogen and oxygen atoms in total. The molecule has 3 amide bonds. The number of methoxy groups -OCH3 is 1. The van der Waals surface area contributed by atoms with Gasteiger partial charge in [-0.2, -0.15) is 0 Å². The fourth-order valence-electron chi connectivity index (χ4n) is 4.40. The number of rotatable bonds is 5. The Labute approximate surface area is 178 Å². The largest absolute Gasteiger partial charge is 0.497 e. The van der Waals surface area contributed by atoms with Crippen molar-refractivity contribution >= 4 is 29.1 Å². The number of nitro benzene ring substituents is 1. The molecule has 2 aliphatic heterocycles. The lowest BCUT2D eigenvalue weighted by atomic mass is 9.80. The molecule has 160 valence electrons. The van der Waals surface area contributed by atoms with E-state index in [-0.39, 0.29) is 42.6 Å². The van der Waals surface area contributed by atoms with Gasteiger partial charge in [0.15, 0.2) is 0 Å². The highest BCUT2D eigenvalue weighted by Crippen LogP contribution is 2.47. The zero-order chi connectivity index (χ0) is 22.3. The number of hydrogen-bond donors (Lipinski definition) is 0. The Morgan fingerprint density at radius 3 is 2.45 bits per heavy atom. The quantitative estimate of drug-likeness (QED) is 0.415. The van der Waals surface area contributed by atoms with Gasteiger partial charge < -0.3 is 9.64 Å². The van der Waals surface area contributed by atoms with Crippen LogP contribution < -0.4 is 9.64 Å². The summed E-state index contributed by atoms with van der Waals surface area (Å²) in [4.78, 5) is 52.2. The number of para-hydroxylation sites is 1. The highest BCUT2D eigenvalue weighted by Gasteiger charge is 2.49. The number of likely N-dealkylation sites (tertiary alicyclic amines) is 1. The number of carbonyl (C=O) groups excluding carboxylic acids is 3. The van der Waals surface area contributed by atoms with Crippen LogP contribution in [0.1, 0.15) is 29.9 Å². The number of imide groups is 1. The summed E-state index contributed by atoms with van der Waals surface area (Å²) in [5.74, 6) is -2.04. The Kier molecular flexibility index (Phi) is 5.18. The first-order chi connectivity index (χ1) is 14.8. The van der Waals surface area contributed by atoms with Crippen LogP contribution in [0.4, 0.5) is 11.4 Å². The van der Waals surface area contributed by atoms with Gasteiger partial charge in [-0.1, -0.05) is 24.3 Å². The van der Waals surface area contributed by atoms with Gasteiger partial charge in [0.1, 0.15) is 11.4 Å². The summed E-state index contributed by atoms with van der Waals surface area (Å²) in [5.41, 5.74) is 1.26. The Balaban J connectivity index is 1.65. The Morgan fingerprint density at radius 2 is 1.81 bits per heavy atom. The predicted molar refractivity (Wildman–Crippen MR) is 111 cm³/mol. The monoisotopic (exact) mass is 423 g/mol. The van der Waals surface area contributed by atoms with E-state index in [9.17, 15) is 24.5 Å². The number of nitro groups is 1. The van der Waals surface area contributed by atoms with Crippen molar-refractivity contribution in [2.45, 2.75) is 25.3 Å². The summed E-state index contributed by atoms with van der Waals surface area (Å²) in [7, 11) is 3.02. The van der Waals surface area contributed by atoms with Crippen molar-refractivity contribution in [1.82, 2.24) is 4.90 Å². The first kappa shape index (κ1) is 20.5. The zero-order valence-electron chi connectivity index (χ0n) is 17.1. The number of ether oxygens (including phenoxy) is 1. The van der Waals surface area contributed by atoms with Crippen molar-refractivity contribution in [3.8, 4) is 5.75 Å². The van der Waals surface area contributed by atoms with Crippen molar-refractivity contribution in [2.24, 2.45) is 5.92 Å². The van der Waals surface area contributed by atoms with Crippen LogP contribution in [0.25, 0.3) is 0 Å². The number of anilines is 1. The number of benzene rings is 2. The standard InChI is InChI=1S/C22H21N3O6/c1-23-20-15(4-3-5-17(20)25(29)30)19(22(23)28)16-10-11-18(26)24(21(16)27)12-13-6-8-14(31-2)9-7-13/h3-9,16,19H,10-12H2,1-2H3. The van der Waals surface area contributed by atoms with Crippen molar-refractivity contribution in [3.05, 3.63) is 63.7 Å². The molecule has 0 bridgehead atoms. The van der Waals surface area contributed by atoms with Gasteiger partial charge in [-0.15, -0.1) is 0 Å². The average Bonchev–Trinajstić information content (AvgIpc) is 3.02. The van der Waals surface area contributed by atoms with Crippen LogP contribution in [-0.4, -0.2) is 41.7 Å². The molecule has 0 spiro atoms. The maximum atomic E-state index is 13.3. The Bertz CT molecular complexity index is 1080. The van der Waals surface area contributed by atoms with Crippen LogP contribution in [0.2, 0.25) is 0 Å². The molecule has 4 rings (SSSR count). The molecule has 9 heteroatoms. The number of carbonyl (C=O) groups is 3. The second-order valence-corrected chi connectivity index (χ2v) is 7.66. The molecule has 0 aromatic heterocycles. The average molecular weight is 423 g/mol. The third-order valence-electron chi connectivity index (χ3n) is 5.97. The number of fused-ring (bicyclic) bond motifs is 1. The van der Waals surface area contributed by atoms with E-state index in [1.54, 1.807) is 37.4 Å². The molecule has 0 N–H and O–H groups in total. The number of likely N-dealkylation sites (N-methyl/N-ethyl adjacent to an activating group) is 1. The summed E-state index contributed by atoms with van der Waals surface area (Å²) in [6.07, 6.45) is 0.355. The SMILES string of the molecule is COc1ccc(CN2C(=O)CCC(C3C(=O)N(C)c4c3cccc4[N+](=O)[O-])C2=O)cc1. The molecular weight excluding hydrogens is 402 g/mol. The molecule has 2 aromatic carbocycles. The lowest BCUT2D eigenvalue weighted by Crippen LogP contribution is -2.47. The lowest BCUT2D eigenvalue weighted by molar-refractivity contribution is -0.384. The predicted octanol–water partition coefficient (Wildman–Crippen LogP) is 2.63. The highest BCUT2D eigenvalue weighted by molar-refractivity contribution is 6.10. The van der Waals surface area contributed by atoms with E-state index in [1.165, 1.54) is 29.0 Å². The van der Waals surface area contributed by atoms with Crippen LogP contribution >= 0.6 is 0 Å². The number of hydrogen-bond acceptors (Lipinski definition) is 6. The van der Waals surface area contributed by atoms with Crippen LogP contribution in [0.15, 0.2) is 42.5 Å². The van der Waals surface area contributed by atoms with Crippen molar-refractivity contribution in [1.29, 1.82) is 0 Å². The second kappa shape index (κ2) is 7.82. The Morgan fingerprint density at radius 1 is 1.10 bits per heavy atom. The van der Waals surface area contributed by atoms with Crippen LogP contribution in [0.3, 0.4) is 0 Å². The van der Waals surface area contributed by atoms with Gasteiger partial charge >= 0.3 is 0 Å². The fourth-order valence-corrected chi connectivity index (χ4v) is 4.40. The maximum absolute atomic E-state index is 13.3. The normalized spacial score (nSPS) is 20.8. The van der Waals surface area contributed by atoms with Gasteiger partial charge in [0.2, 0.25) is 17.7 Å². The van der Waals surface area contributed by atoms with Gasteiger partial charge in [0.05, 0.1) is 30.4 Å². The van der Waals surface area contributed by atoms with Crippen molar-refractivity contribution in [3.63, 3.8) is 0 Å². The van der Waals surface area contributed by atoms with E-state index in [2.05, 4.69) is 0 Å². The molecule has 0 aliphatic carbocycles. The topological polar surface area (TPSA) is 110 Å². The fraction of sp³-hybridized carbons (Fsp3) is 0.318. The van der Waals surface area contributed by atoms with Gasteiger partial charge in [-0.25, -0.2) is 0 Å². The summed E-state index contributed by atoms with van der Waals surface area (Å²) in [6, 6.07) is 11.5. The molecule has 0 saturated carbocycles. The maximum Gasteiger partial charge on any atom is 0.293 e. The highest BCUT2D eigenvalue weighted by atomic mass is 16.6. The first-order valence-corrected chi connectivity index (χ1v) is 9.85. The molecule has 2 atom stereocenters. The van der Waals surface area contributed by atoms with Crippen molar-refractivity contribution < 1.29 is 24.0 Å². The van der Waals surface area contributed by atoms with Crippen LogP contribution in [0, 0.1) is 16.0 Å². The van der Waals surface area contributed by atoms with E-state index in [4.69, 9.17) is 4.74 Å². The summed E-state index contributed by atoms with van der Waals surface area (Å²) >= 11 is 0. The van der Waals surface area contributed by atoms with Gasteiger partial charge in [0.25, 0.3) is 5.69 Å². The Hall–Kier alpha value is -3.75. The van der Waals surface area contributed by atoms with Gasteiger partial charge in [-0.3, -0.25) is 29.4 Å². The number of amides is 3. The van der Waals surface area contributed by atoms with E-state index >= 15 is 0 Å². The third-order valence-corrected chi connectivity index (χ3v) is 5.97. The molecule has 1 fully saturated rings. The first-order valence-electron chi connectivity index (χ1n) is 9.85. The molecular formula is C22H21N3O6. The van der Waals surface area contributed by atoms with E-state index in [0.29, 0.717) is 11.3 Å². The van der Waals surface area contributed by atoms with E-state index in [1.807, 2.05) is 0 Å². The van der Waals surface area contributed by atoms with E-state index < -0.39 is 22.7 Å². The number of piperidine rings is 1. The minimum atomic E-state index is -0.848. The number of nitrogens with zero attached hydrogens (tertiary/aromatic N) is 3. The second-order valence-electron chi connectivity index (χ2n) is 7.66. The minimum absolute atomic E-state index is 0.0940.